The Morgan fingerprint density at radius 2 is 1.79 bits per heavy atom. The topological polar surface area (TPSA) is 79.2 Å². The van der Waals surface area contributed by atoms with Gasteiger partial charge in [0.05, 0.1) is 17.8 Å². The summed E-state index contributed by atoms with van der Waals surface area (Å²) in [4.78, 5) is 23.7. The maximum Gasteiger partial charge on any atom is 0.335 e. The first kappa shape index (κ1) is 20.1. The number of carbonyl (C=O) groups excluding carboxylic acids is 1. The van der Waals surface area contributed by atoms with Gasteiger partial charge in [-0.25, -0.2) is 9.80 Å². The monoisotopic (exact) mass is 398 g/mol. The lowest BCUT2D eigenvalue weighted by Crippen LogP contribution is -2.33. The van der Waals surface area contributed by atoms with Gasteiger partial charge in [-0.2, -0.15) is 5.10 Å². The summed E-state index contributed by atoms with van der Waals surface area (Å²) in [6.07, 6.45) is 10.7. The van der Waals surface area contributed by atoms with Crippen molar-refractivity contribution in [2.45, 2.75) is 63.6 Å². The smallest absolute Gasteiger partial charge is 0.335 e. The lowest BCUT2D eigenvalue weighted by Gasteiger charge is -2.27. The van der Waals surface area contributed by atoms with Crippen molar-refractivity contribution in [1.29, 1.82) is 0 Å². The molecule has 1 amide bonds. The Morgan fingerprint density at radius 3 is 2.48 bits per heavy atom. The number of aromatic carboxylic acids is 1. The van der Waals surface area contributed by atoms with E-state index in [4.69, 9.17) is 9.84 Å². The molecule has 4 rings (SSSR count). The minimum Gasteiger partial charge on any atom is -0.478 e. The van der Waals surface area contributed by atoms with Crippen LogP contribution in [0.25, 0.3) is 0 Å². The number of benzene rings is 1. The highest BCUT2D eigenvalue weighted by molar-refractivity contribution is 5.87. The molecule has 2 aliphatic heterocycles. The third kappa shape index (κ3) is 4.37. The second-order valence-corrected chi connectivity index (χ2v) is 8.70. The Bertz CT molecular complexity index is 770. The quantitative estimate of drug-likeness (QED) is 0.585. The molecule has 0 aromatic heterocycles. The number of fused-ring (bicyclic) bond motifs is 2. The van der Waals surface area contributed by atoms with E-state index < -0.39 is 5.97 Å². The van der Waals surface area contributed by atoms with Crippen molar-refractivity contribution < 1.29 is 19.4 Å². The lowest BCUT2D eigenvalue weighted by molar-refractivity contribution is -0.135. The molecule has 156 valence electrons. The molecule has 6 nitrogen and oxygen atoms in total. The van der Waals surface area contributed by atoms with Crippen LogP contribution in [0.2, 0.25) is 0 Å². The molecule has 2 saturated heterocycles. The van der Waals surface area contributed by atoms with Gasteiger partial charge in [-0.1, -0.05) is 31.4 Å². The SMILES string of the molecule is CN(N=C[C@H]1[C@@H](Cc2ccc(C(=O)O)cc2)[C@H]2CC[C@@H]1O2)C(=O)C1CCCCC1. The molecular formula is C23H30N2O4. The fourth-order valence-electron chi connectivity index (χ4n) is 5.19. The van der Waals surface area contributed by atoms with E-state index in [2.05, 4.69) is 5.10 Å². The van der Waals surface area contributed by atoms with Crippen molar-refractivity contribution in [3.63, 3.8) is 0 Å². The van der Waals surface area contributed by atoms with Crippen molar-refractivity contribution in [3.8, 4) is 0 Å². The van der Waals surface area contributed by atoms with Crippen LogP contribution in [0.15, 0.2) is 29.4 Å². The minimum absolute atomic E-state index is 0.116. The Labute approximate surface area is 171 Å². The predicted octanol–water partition coefficient (Wildman–Crippen LogP) is 3.75. The number of amides is 1. The molecule has 1 aromatic carbocycles. The van der Waals surface area contributed by atoms with E-state index in [0.717, 1.165) is 50.5 Å². The van der Waals surface area contributed by atoms with Crippen molar-refractivity contribution in [2.24, 2.45) is 22.9 Å². The molecular weight excluding hydrogens is 368 g/mol. The third-order valence-corrected chi connectivity index (χ3v) is 6.84. The van der Waals surface area contributed by atoms with Crippen molar-refractivity contribution in [1.82, 2.24) is 5.01 Å². The molecule has 6 heteroatoms. The number of carboxylic acid groups (broad SMARTS) is 1. The number of nitrogens with zero attached hydrogens (tertiary/aromatic N) is 2. The van der Waals surface area contributed by atoms with E-state index in [1.165, 1.54) is 11.4 Å². The summed E-state index contributed by atoms with van der Waals surface area (Å²) in [5, 5.41) is 15.1. The number of rotatable bonds is 6. The third-order valence-electron chi connectivity index (χ3n) is 6.84. The molecule has 0 radical (unpaired) electrons. The summed E-state index contributed by atoms with van der Waals surface area (Å²) >= 11 is 0. The van der Waals surface area contributed by atoms with Gasteiger partial charge in [0.2, 0.25) is 5.91 Å². The van der Waals surface area contributed by atoms with Gasteiger partial charge in [0.15, 0.2) is 0 Å². The number of hydrazone groups is 1. The van der Waals surface area contributed by atoms with Gasteiger partial charge >= 0.3 is 5.97 Å². The van der Waals surface area contributed by atoms with E-state index in [0.29, 0.717) is 11.5 Å². The Balaban J connectivity index is 1.41. The number of hydrogen-bond acceptors (Lipinski definition) is 4. The largest absolute Gasteiger partial charge is 0.478 e. The van der Waals surface area contributed by atoms with Crippen molar-refractivity contribution >= 4 is 18.1 Å². The van der Waals surface area contributed by atoms with E-state index >= 15 is 0 Å². The van der Waals surface area contributed by atoms with Gasteiger partial charge in [0, 0.05) is 25.1 Å². The molecule has 29 heavy (non-hydrogen) atoms. The van der Waals surface area contributed by atoms with Crippen LogP contribution in [0.5, 0.6) is 0 Å². The first-order chi connectivity index (χ1) is 14.0. The van der Waals surface area contributed by atoms with Crippen LogP contribution < -0.4 is 0 Å². The van der Waals surface area contributed by atoms with Gasteiger partial charge in [-0.3, -0.25) is 4.79 Å². The zero-order chi connectivity index (χ0) is 20.4. The van der Waals surface area contributed by atoms with Gasteiger partial charge < -0.3 is 9.84 Å². The molecule has 0 spiro atoms. The van der Waals surface area contributed by atoms with Crippen LogP contribution in [0.1, 0.15) is 60.9 Å². The molecule has 2 heterocycles. The lowest BCUT2D eigenvalue weighted by atomic mass is 9.77. The Kier molecular flexibility index (Phi) is 5.99. The molecule has 0 unspecified atom stereocenters. The second kappa shape index (κ2) is 8.66. The summed E-state index contributed by atoms with van der Waals surface area (Å²) in [7, 11) is 1.77. The molecule has 1 N–H and O–H groups in total. The number of hydrogen-bond donors (Lipinski definition) is 1. The van der Waals surface area contributed by atoms with Crippen LogP contribution in [-0.2, 0) is 16.0 Å². The normalized spacial score (nSPS) is 29.4. The number of ether oxygens (including phenoxy) is 1. The first-order valence-corrected chi connectivity index (χ1v) is 10.8. The van der Waals surface area contributed by atoms with Crippen LogP contribution in [-0.4, -0.2) is 47.5 Å². The average molecular weight is 399 g/mol. The number of carbonyl (C=O) groups is 2. The molecule has 1 aliphatic carbocycles. The van der Waals surface area contributed by atoms with E-state index in [9.17, 15) is 9.59 Å². The molecule has 1 saturated carbocycles. The zero-order valence-electron chi connectivity index (χ0n) is 17.0. The highest BCUT2D eigenvalue weighted by atomic mass is 16.5. The predicted molar refractivity (Wildman–Crippen MR) is 110 cm³/mol. The van der Waals surface area contributed by atoms with Crippen LogP contribution in [0.3, 0.4) is 0 Å². The summed E-state index contributed by atoms with van der Waals surface area (Å²) < 4.78 is 6.15. The molecule has 1 aromatic rings. The number of carboxylic acids is 1. The van der Waals surface area contributed by atoms with E-state index in [1.807, 2.05) is 18.3 Å². The van der Waals surface area contributed by atoms with Crippen LogP contribution in [0, 0.1) is 17.8 Å². The molecule has 3 aliphatic rings. The Hall–Kier alpha value is -2.21. The second-order valence-electron chi connectivity index (χ2n) is 8.70. The van der Waals surface area contributed by atoms with Crippen LogP contribution >= 0.6 is 0 Å². The van der Waals surface area contributed by atoms with E-state index in [-0.39, 0.29) is 30.0 Å². The zero-order valence-corrected chi connectivity index (χ0v) is 17.0. The fourth-order valence-corrected chi connectivity index (χ4v) is 5.19. The van der Waals surface area contributed by atoms with Crippen LogP contribution in [0.4, 0.5) is 0 Å². The van der Waals surface area contributed by atoms with Gasteiger partial charge in [-0.05, 0) is 55.7 Å². The standard InChI is InChI=1S/C23H30N2O4/c1-25(22(26)16-5-3-2-4-6-16)24-14-19-18(20-11-12-21(19)29-20)13-15-7-9-17(10-8-15)23(27)28/h7-10,14,16,18-21H,2-6,11-13H2,1H3,(H,27,28)/t18-,19+,20-,21+/m1/s1. The highest BCUT2D eigenvalue weighted by Crippen LogP contribution is 2.44. The van der Waals surface area contributed by atoms with E-state index in [1.54, 1.807) is 19.2 Å². The maximum absolute atomic E-state index is 12.7. The highest BCUT2D eigenvalue weighted by Gasteiger charge is 2.48. The van der Waals surface area contributed by atoms with Crippen molar-refractivity contribution in [2.75, 3.05) is 7.05 Å². The van der Waals surface area contributed by atoms with Gasteiger partial charge in [0.25, 0.3) is 0 Å². The first-order valence-electron chi connectivity index (χ1n) is 10.8. The van der Waals surface area contributed by atoms with Gasteiger partial charge in [0.1, 0.15) is 0 Å². The average Bonchev–Trinajstić information content (AvgIpc) is 3.34. The molecule has 3 fully saturated rings. The summed E-state index contributed by atoms with van der Waals surface area (Å²) in [5.74, 6) is -0.159. The maximum atomic E-state index is 12.7. The Morgan fingerprint density at radius 1 is 1.10 bits per heavy atom. The summed E-state index contributed by atoms with van der Waals surface area (Å²) in [5.41, 5.74) is 1.42. The summed E-state index contributed by atoms with van der Waals surface area (Å²) in [6.45, 7) is 0. The van der Waals surface area contributed by atoms with Crippen molar-refractivity contribution in [3.05, 3.63) is 35.4 Å². The summed E-state index contributed by atoms with van der Waals surface area (Å²) in [6, 6.07) is 7.10. The molecule has 2 bridgehead atoms. The molecule has 4 atom stereocenters. The minimum atomic E-state index is -0.907. The fraction of sp³-hybridized carbons (Fsp3) is 0.609. The van der Waals surface area contributed by atoms with Gasteiger partial charge in [-0.15, -0.1) is 0 Å².